The van der Waals surface area contributed by atoms with Crippen LogP contribution in [0.15, 0.2) is 30.3 Å². The van der Waals surface area contributed by atoms with E-state index in [0.29, 0.717) is 11.4 Å². The number of anilines is 1. The molecule has 4 nitrogen and oxygen atoms in total. The molecule has 0 radical (unpaired) electrons. The van der Waals surface area contributed by atoms with Gasteiger partial charge in [-0.1, -0.05) is 30.3 Å². The number of hydrogen-bond donors (Lipinski definition) is 1. The van der Waals surface area contributed by atoms with Gasteiger partial charge in [0, 0.05) is 5.56 Å². The first kappa shape index (κ1) is 12.2. The molecule has 4 heteroatoms. The lowest BCUT2D eigenvalue weighted by Gasteiger charge is -2.12. The van der Waals surface area contributed by atoms with Crippen LogP contribution >= 0.6 is 0 Å². The third-order valence-electron chi connectivity index (χ3n) is 3.60. The molecule has 0 bridgehead atoms. The van der Waals surface area contributed by atoms with E-state index in [9.17, 15) is 5.26 Å². The predicted molar refractivity (Wildman–Crippen MR) is 75.6 cm³/mol. The molecule has 2 aromatic rings. The Morgan fingerprint density at radius 1 is 1.05 bits per heavy atom. The zero-order valence-electron chi connectivity index (χ0n) is 10.8. The molecule has 0 saturated heterocycles. The smallest absolute Gasteiger partial charge is 0.182 e. The van der Waals surface area contributed by atoms with E-state index in [0.717, 1.165) is 41.6 Å². The molecule has 96 valence electrons. The van der Waals surface area contributed by atoms with Crippen molar-refractivity contribution in [1.82, 2.24) is 4.98 Å². The monoisotopic (exact) mass is 260 g/mol. The summed E-state index contributed by atoms with van der Waals surface area (Å²) in [6.45, 7) is 0. The second-order valence-electron chi connectivity index (χ2n) is 4.71. The van der Waals surface area contributed by atoms with Crippen molar-refractivity contribution in [3.8, 4) is 23.5 Å². The fraction of sp³-hybridized carbons (Fsp3) is 0.188. The van der Waals surface area contributed by atoms with Gasteiger partial charge in [0.25, 0.3) is 0 Å². The molecule has 1 aromatic carbocycles. The van der Waals surface area contributed by atoms with Crippen LogP contribution in [0.2, 0.25) is 0 Å². The van der Waals surface area contributed by atoms with Gasteiger partial charge in [-0.25, -0.2) is 4.98 Å². The molecule has 1 aliphatic carbocycles. The summed E-state index contributed by atoms with van der Waals surface area (Å²) in [7, 11) is 0. The van der Waals surface area contributed by atoms with Crippen LogP contribution in [0.4, 0.5) is 5.82 Å². The van der Waals surface area contributed by atoms with Gasteiger partial charge in [0.05, 0.1) is 11.3 Å². The van der Waals surface area contributed by atoms with E-state index in [2.05, 4.69) is 16.4 Å². The van der Waals surface area contributed by atoms with Gasteiger partial charge in [0.15, 0.2) is 12.0 Å². The van der Waals surface area contributed by atoms with Crippen molar-refractivity contribution >= 4 is 5.82 Å². The minimum atomic E-state index is 0.370. The minimum absolute atomic E-state index is 0.370. The van der Waals surface area contributed by atoms with Crippen LogP contribution in [-0.4, -0.2) is 4.98 Å². The summed E-state index contributed by atoms with van der Waals surface area (Å²) in [5.74, 6) is 0.370. The fourth-order valence-corrected chi connectivity index (χ4v) is 2.76. The molecule has 0 spiro atoms. The summed E-state index contributed by atoms with van der Waals surface area (Å²) < 4.78 is 0. The average Bonchev–Trinajstić information content (AvgIpc) is 2.97. The molecule has 1 aromatic heterocycles. The normalized spacial score (nSPS) is 12.3. The first-order chi connectivity index (χ1) is 9.85. The molecule has 0 atom stereocenters. The summed E-state index contributed by atoms with van der Waals surface area (Å²) >= 11 is 0. The number of nitrogens with zero attached hydrogens (tertiary/aromatic N) is 3. The number of benzene rings is 1. The van der Waals surface area contributed by atoms with Gasteiger partial charge >= 0.3 is 0 Å². The second kappa shape index (κ2) is 5.03. The molecule has 0 fully saturated rings. The molecule has 0 unspecified atom stereocenters. The van der Waals surface area contributed by atoms with Crippen LogP contribution in [0.25, 0.3) is 11.3 Å². The first-order valence-electron chi connectivity index (χ1n) is 6.51. The number of nitriles is 2. The minimum Gasteiger partial charge on any atom is -0.276 e. The second-order valence-corrected chi connectivity index (χ2v) is 4.71. The zero-order valence-corrected chi connectivity index (χ0v) is 10.8. The maximum absolute atomic E-state index is 9.33. The van der Waals surface area contributed by atoms with Gasteiger partial charge in [0.2, 0.25) is 0 Å². The first-order valence-corrected chi connectivity index (χ1v) is 6.51. The van der Waals surface area contributed by atoms with Gasteiger partial charge in [-0.2, -0.15) is 10.5 Å². The Morgan fingerprint density at radius 2 is 1.80 bits per heavy atom. The van der Waals surface area contributed by atoms with Crippen LogP contribution in [0.1, 0.15) is 23.1 Å². The summed E-state index contributed by atoms with van der Waals surface area (Å²) in [6.07, 6.45) is 4.71. The third-order valence-corrected chi connectivity index (χ3v) is 3.60. The Kier molecular flexibility index (Phi) is 3.07. The van der Waals surface area contributed by atoms with Gasteiger partial charge in [-0.15, -0.1) is 0 Å². The van der Waals surface area contributed by atoms with Gasteiger partial charge in [0.1, 0.15) is 6.07 Å². The van der Waals surface area contributed by atoms with Crippen LogP contribution < -0.4 is 5.32 Å². The van der Waals surface area contributed by atoms with E-state index < -0.39 is 0 Å². The highest BCUT2D eigenvalue weighted by Gasteiger charge is 2.23. The van der Waals surface area contributed by atoms with E-state index in [1.165, 1.54) is 0 Å². The Hall–Kier alpha value is -2.85. The number of nitrogens with one attached hydrogen (secondary N) is 1. The van der Waals surface area contributed by atoms with Crippen LogP contribution in [0.5, 0.6) is 0 Å². The molecule has 1 aliphatic rings. The molecule has 1 heterocycles. The van der Waals surface area contributed by atoms with Crippen molar-refractivity contribution in [2.45, 2.75) is 19.3 Å². The number of hydrogen-bond acceptors (Lipinski definition) is 4. The largest absolute Gasteiger partial charge is 0.276 e. The highest BCUT2D eigenvalue weighted by Crippen LogP contribution is 2.35. The topological polar surface area (TPSA) is 72.5 Å². The van der Waals surface area contributed by atoms with Crippen molar-refractivity contribution in [3.05, 3.63) is 47.0 Å². The van der Waals surface area contributed by atoms with Crippen LogP contribution in [0.3, 0.4) is 0 Å². The lowest BCUT2D eigenvalue weighted by atomic mass is 9.99. The van der Waals surface area contributed by atoms with Crippen molar-refractivity contribution in [2.75, 3.05) is 5.32 Å². The Bertz CT molecular complexity index is 736. The lowest BCUT2D eigenvalue weighted by Crippen LogP contribution is -2.03. The zero-order chi connectivity index (χ0) is 13.9. The van der Waals surface area contributed by atoms with E-state index in [4.69, 9.17) is 5.26 Å². The molecular weight excluding hydrogens is 248 g/mol. The number of rotatable bonds is 2. The van der Waals surface area contributed by atoms with Crippen molar-refractivity contribution < 1.29 is 0 Å². The van der Waals surface area contributed by atoms with Crippen LogP contribution in [0, 0.1) is 22.8 Å². The van der Waals surface area contributed by atoms with Crippen molar-refractivity contribution in [3.63, 3.8) is 0 Å². The Morgan fingerprint density at radius 3 is 2.50 bits per heavy atom. The summed E-state index contributed by atoms with van der Waals surface area (Å²) in [5, 5.41) is 20.7. The van der Waals surface area contributed by atoms with Gasteiger partial charge in [-0.05, 0) is 30.4 Å². The molecular formula is C16H12N4. The maximum atomic E-state index is 9.33. The number of pyridine rings is 1. The van der Waals surface area contributed by atoms with Gasteiger partial charge in [-0.3, -0.25) is 5.32 Å². The highest BCUT2D eigenvalue weighted by molar-refractivity contribution is 5.73. The SMILES string of the molecule is N#CNc1nc(-c2ccccc2)c2c(c1C#N)CCC2. The highest BCUT2D eigenvalue weighted by atomic mass is 15.0. The maximum Gasteiger partial charge on any atom is 0.182 e. The molecule has 20 heavy (non-hydrogen) atoms. The lowest BCUT2D eigenvalue weighted by molar-refractivity contribution is 0.911. The van der Waals surface area contributed by atoms with Crippen molar-refractivity contribution in [1.29, 1.82) is 10.5 Å². The average molecular weight is 260 g/mol. The molecule has 1 N–H and O–H groups in total. The Labute approximate surface area is 117 Å². The third kappa shape index (κ3) is 1.88. The molecule has 0 amide bonds. The standard InChI is InChI=1S/C16H12N4/c17-9-14-12-7-4-8-13(12)15(20-16(14)19-10-18)11-5-2-1-3-6-11/h1-3,5-6H,4,7-8H2,(H,19,20). The summed E-state index contributed by atoms with van der Waals surface area (Å²) in [4.78, 5) is 4.52. The van der Waals surface area contributed by atoms with E-state index in [1.54, 1.807) is 0 Å². The van der Waals surface area contributed by atoms with E-state index in [1.807, 2.05) is 36.5 Å². The van der Waals surface area contributed by atoms with E-state index >= 15 is 0 Å². The summed E-state index contributed by atoms with van der Waals surface area (Å²) in [6, 6.07) is 12.1. The van der Waals surface area contributed by atoms with Gasteiger partial charge < -0.3 is 0 Å². The fourth-order valence-electron chi connectivity index (χ4n) is 2.76. The molecule has 0 aliphatic heterocycles. The molecule has 3 rings (SSSR count). The number of aromatic nitrogens is 1. The van der Waals surface area contributed by atoms with E-state index in [-0.39, 0.29) is 0 Å². The van der Waals surface area contributed by atoms with Crippen LogP contribution in [-0.2, 0) is 12.8 Å². The Balaban J connectivity index is 2.27. The predicted octanol–water partition coefficient (Wildman–Crippen LogP) is 3.00. The number of fused-ring (bicyclic) bond motifs is 1. The quantitative estimate of drug-likeness (QED) is 0.665. The van der Waals surface area contributed by atoms with Crippen molar-refractivity contribution in [2.24, 2.45) is 0 Å². The molecule has 0 saturated carbocycles. The summed E-state index contributed by atoms with van der Waals surface area (Å²) in [5.41, 5.74) is 4.61.